The third-order valence-electron chi connectivity index (χ3n) is 12.5. The number of rotatable bonds is 22. The highest BCUT2D eigenvalue weighted by atomic mass is 35.5. The number of aromatic nitrogens is 2. The van der Waals surface area contributed by atoms with Gasteiger partial charge in [-0.3, -0.25) is 28.3 Å². The van der Waals surface area contributed by atoms with E-state index >= 15 is 0 Å². The number of benzene rings is 3. The monoisotopic (exact) mass is 1100 g/mol. The lowest BCUT2D eigenvalue weighted by Crippen LogP contribution is -2.74. The Morgan fingerprint density at radius 1 is 0.987 bits per heavy atom. The fourth-order valence-corrected chi connectivity index (χ4v) is 11.2. The topological polar surface area (TPSA) is 241 Å². The van der Waals surface area contributed by atoms with Gasteiger partial charge in [0.05, 0.1) is 46.4 Å². The first-order chi connectivity index (χ1) is 37.3. The predicted molar refractivity (Wildman–Crippen MR) is 280 cm³/mol. The zero-order valence-electron chi connectivity index (χ0n) is 41.5. The maximum Gasteiger partial charge on any atom is 0.378 e. The van der Waals surface area contributed by atoms with Crippen LogP contribution < -0.4 is 33.7 Å². The van der Waals surface area contributed by atoms with Crippen LogP contribution in [0, 0.1) is 6.92 Å². The summed E-state index contributed by atoms with van der Waals surface area (Å²) < 4.78 is 52.7. The standard InChI is InChI=1S/C50H45B3ClN6O15S2/c1-28-55-35(25-76-28)41(57-75-39(49(65)73-51)21-53-72-27-61)45(62)56-42-47(64)60-43(50(66)74-52)31(26-77(67)48(42)60)22-58-19-6-8-37-36(58)7-4-5-20-59(37)46(63)34-17-18-38(70-23-29-9-13-32(68-2)14-10-29)44(40(34)54)71-24-30-11-15-33(69-3)16-12-30/h6,8-19,25,27,39,42,48H,4-5,7,20-24,26H2,1-3H3/p+1/b57-41-/t39-,42+,48+,77?/m0/s1. The molecular weight excluding hydrogens is 1060 g/mol. The number of anilines is 1. The van der Waals surface area contributed by atoms with E-state index in [4.69, 9.17) is 51.5 Å². The van der Waals surface area contributed by atoms with Crippen molar-refractivity contribution in [3.63, 3.8) is 0 Å². The number of hydrogen-bond donors (Lipinski definition) is 1. The summed E-state index contributed by atoms with van der Waals surface area (Å²) in [5.41, 5.74) is 2.48. The van der Waals surface area contributed by atoms with E-state index in [2.05, 4.69) is 29.4 Å². The number of methoxy groups -OCH3 is 2. The SMILES string of the molecule is [B]OC(=O)C1=C(C[n+]2cccc3c2CCCCN3C(=O)c2ccc(OCc3ccc(OC)cc3)c(OCc3ccc(OC)cc3)c2Cl)CS(=O)[C@@H]2[C@H](NC(=O)/C(=N\O[C@@H](C[B]OC=O)C(=O)O[B])c3csc(C)n3)C(=O)N12. The van der Waals surface area contributed by atoms with Crippen LogP contribution in [0.15, 0.2) is 101 Å². The first-order valence-corrected chi connectivity index (χ1v) is 26.2. The third-order valence-corrected chi connectivity index (χ3v) is 15.3. The van der Waals surface area contributed by atoms with Gasteiger partial charge in [0.1, 0.15) is 53.2 Å². The maximum atomic E-state index is 14.9. The molecule has 8 rings (SSSR count). The van der Waals surface area contributed by atoms with E-state index in [0.29, 0.717) is 59.4 Å². The van der Waals surface area contributed by atoms with Crippen molar-refractivity contribution in [2.75, 3.05) is 31.4 Å². The van der Waals surface area contributed by atoms with Crippen molar-refractivity contribution in [1.82, 2.24) is 15.2 Å². The van der Waals surface area contributed by atoms with E-state index in [9.17, 15) is 33.0 Å². The molecule has 5 heterocycles. The van der Waals surface area contributed by atoms with Crippen LogP contribution in [0.5, 0.6) is 23.0 Å². The second-order valence-electron chi connectivity index (χ2n) is 17.2. The molecule has 0 saturated carbocycles. The zero-order chi connectivity index (χ0) is 54.8. The molecule has 21 nitrogen and oxygen atoms in total. The van der Waals surface area contributed by atoms with Crippen molar-refractivity contribution in [3.05, 3.63) is 134 Å². The van der Waals surface area contributed by atoms with Gasteiger partial charge in [-0.2, -0.15) is 4.57 Å². The van der Waals surface area contributed by atoms with Crippen LogP contribution in [-0.2, 0) is 79.8 Å². The number of oxime groups is 1. The number of β-lactam (4-membered cyclic amide) rings is 1. The molecule has 1 unspecified atom stereocenters. The third kappa shape index (κ3) is 12.5. The van der Waals surface area contributed by atoms with Crippen LogP contribution in [0.2, 0.25) is 11.3 Å². The molecule has 77 heavy (non-hydrogen) atoms. The van der Waals surface area contributed by atoms with Gasteiger partial charge in [0.2, 0.25) is 11.8 Å². The molecule has 393 valence electrons. The number of pyridine rings is 1. The number of ether oxygens (including phenoxy) is 4. The molecule has 3 aromatic carbocycles. The second kappa shape index (κ2) is 25.4. The molecule has 3 amide bonds. The number of amides is 3. The number of fused-ring (bicyclic) bond motifs is 2. The molecule has 0 aliphatic carbocycles. The Balaban J connectivity index is 1.05. The highest BCUT2D eigenvalue weighted by Gasteiger charge is 2.58. The molecule has 1 saturated heterocycles. The predicted octanol–water partition coefficient (Wildman–Crippen LogP) is 3.47. The summed E-state index contributed by atoms with van der Waals surface area (Å²) in [6.07, 6.45) is 1.52. The molecule has 3 aliphatic heterocycles. The average Bonchev–Trinajstić information content (AvgIpc) is 3.79. The smallest absolute Gasteiger partial charge is 0.378 e. The molecule has 5 radical (unpaired) electrons. The van der Waals surface area contributed by atoms with Gasteiger partial charge in [0, 0.05) is 36.3 Å². The van der Waals surface area contributed by atoms with E-state index < -0.39 is 63.7 Å². The number of halogens is 1. The number of nitrogens with one attached hydrogen (secondary N) is 1. The zero-order valence-corrected chi connectivity index (χ0v) is 43.9. The van der Waals surface area contributed by atoms with E-state index in [-0.39, 0.29) is 71.6 Å². The van der Waals surface area contributed by atoms with Gasteiger partial charge in [-0.15, -0.1) is 11.3 Å². The lowest BCUT2D eigenvalue weighted by molar-refractivity contribution is -0.695. The van der Waals surface area contributed by atoms with Gasteiger partial charge in [-0.05, 0) is 73.4 Å². The molecule has 4 atom stereocenters. The van der Waals surface area contributed by atoms with Gasteiger partial charge in [-0.25, -0.2) is 14.6 Å². The largest absolute Gasteiger partial charge is 0.541 e. The van der Waals surface area contributed by atoms with Crippen LogP contribution >= 0.6 is 22.9 Å². The molecule has 0 spiro atoms. The Kier molecular flexibility index (Phi) is 18.3. The van der Waals surface area contributed by atoms with Gasteiger partial charge < -0.3 is 48.0 Å². The number of nitrogens with zero attached hydrogens (tertiary/aromatic N) is 5. The Hall–Kier alpha value is -7.70. The van der Waals surface area contributed by atoms with Crippen LogP contribution in [0.1, 0.15) is 50.7 Å². The Morgan fingerprint density at radius 2 is 1.69 bits per heavy atom. The van der Waals surface area contributed by atoms with Gasteiger partial charge >= 0.3 is 35.5 Å². The van der Waals surface area contributed by atoms with E-state index in [1.807, 2.05) is 36.4 Å². The summed E-state index contributed by atoms with van der Waals surface area (Å²) in [5, 5.41) is 7.10. The summed E-state index contributed by atoms with van der Waals surface area (Å²) >= 11 is 8.32. The molecule has 1 N–H and O–H groups in total. The first-order valence-electron chi connectivity index (χ1n) is 23.6. The van der Waals surface area contributed by atoms with Crippen molar-refractivity contribution in [2.24, 2.45) is 5.16 Å². The number of aryl methyl sites for hydroxylation is 1. The Bertz CT molecular complexity index is 3150. The van der Waals surface area contributed by atoms with Crippen LogP contribution in [0.3, 0.4) is 0 Å². The van der Waals surface area contributed by atoms with Crippen molar-refractivity contribution in [2.45, 2.75) is 69.8 Å². The molecule has 0 bridgehead atoms. The quantitative estimate of drug-likeness (QED) is 0.0199. The number of hydrogen-bond acceptors (Lipinski definition) is 18. The second-order valence-corrected chi connectivity index (χ2v) is 20.2. The van der Waals surface area contributed by atoms with Crippen molar-refractivity contribution in [1.29, 1.82) is 0 Å². The summed E-state index contributed by atoms with van der Waals surface area (Å²) in [7, 11) is 12.6. The lowest BCUT2D eigenvalue weighted by Gasteiger charge is -2.49. The highest BCUT2D eigenvalue weighted by molar-refractivity contribution is 7.86. The minimum absolute atomic E-state index is 0.00735. The van der Waals surface area contributed by atoms with Gasteiger partial charge in [0.15, 0.2) is 30.0 Å². The average molecular weight is 1100 g/mol. The number of carbonyl (C=O) groups excluding carboxylic acids is 6. The van der Waals surface area contributed by atoms with E-state index in [1.54, 1.807) is 73.2 Å². The van der Waals surface area contributed by atoms with Gasteiger partial charge in [0.25, 0.3) is 24.2 Å². The minimum Gasteiger partial charge on any atom is -0.541 e. The van der Waals surface area contributed by atoms with Gasteiger partial charge in [-0.1, -0.05) is 41.0 Å². The summed E-state index contributed by atoms with van der Waals surface area (Å²) in [4.78, 5) is 91.6. The lowest BCUT2D eigenvalue weighted by atomic mass is 9.91. The molecule has 3 aliphatic rings. The van der Waals surface area contributed by atoms with Crippen LogP contribution in [0.4, 0.5) is 5.69 Å². The Labute approximate surface area is 456 Å². The van der Waals surface area contributed by atoms with Crippen LogP contribution in [-0.4, -0.2) is 124 Å². The summed E-state index contributed by atoms with van der Waals surface area (Å²) in [5.74, 6) is -2.94. The van der Waals surface area contributed by atoms with E-state index in [1.165, 1.54) is 5.38 Å². The van der Waals surface area contributed by atoms with Crippen molar-refractivity contribution < 1.29 is 75.3 Å². The minimum atomic E-state index is -1.94. The summed E-state index contributed by atoms with van der Waals surface area (Å²) in [6, 6.07) is 20.0. The van der Waals surface area contributed by atoms with Crippen molar-refractivity contribution in [3.8, 4) is 23.0 Å². The molecule has 5 aromatic rings. The molecular formula is C50H46B3ClN6O15S2+. The molecule has 2 aromatic heterocycles. The number of thiazole rings is 1. The van der Waals surface area contributed by atoms with Crippen molar-refractivity contribution >= 4 is 105 Å². The fraction of sp³-hybridized carbons (Fsp3) is 0.300. The highest BCUT2D eigenvalue weighted by Crippen LogP contribution is 2.41. The fourth-order valence-electron chi connectivity index (χ4n) is 8.66. The normalized spacial score (nSPS) is 17.3. The van der Waals surface area contributed by atoms with E-state index in [0.717, 1.165) is 34.8 Å². The Morgan fingerprint density at radius 3 is 2.32 bits per heavy atom. The summed E-state index contributed by atoms with van der Waals surface area (Å²) in [6.45, 7) is 2.23. The molecule has 27 heteroatoms. The maximum absolute atomic E-state index is 14.9. The first kappa shape index (κ1) is 55.5. The molecule has 1 fully saturated rings. The van der Waals surface area contributed by atoms with Crippen LogP contribution in [0.25, 0.3) is 0 Å². The number of carbonyl (C=O) groups is 6.